The fraction of sp³-hybridized carbons (Fsp3) is 0.0968. The highest BCUT2D eigenvalue weighted by Crippen LogP contribution is 2.20. The standard InChI is InChI=1S/C31H22N2O5/c1-36-30(34)27-16-26(17-28(20-27)31(35)37-2)21-38-29-18-24(5-3-22-7-11-32-12-8-22)15-25(19-29)6-4-23-9-13-33-14-10-23/h7-20H,21H2,1-2H3. The fourth-order valence-electron chi connectivity index (χ4n) is 3.40. The molecule has 0 saturated carbocycles. The lowest BCUT2D eigenvalue weighted by Crippen LogP contribution is -2.09. The van der Waals surface area contributed by atoms with Gasteiger partial charge in [-0.3, -0.25) is 9.97 Å². The third kappa shape index (κ3) is 7.07. The second kappa shape index (κ2) is 12.5. The Bertz CT molecular complexity index is 1470. The Hall–Kier alpha value is -5.40. The molecule has 0 N–H and O–H groups in total. The van der Waals surface area contributed by atoms with Gasteiger partial charge in [-0.1, -0.05) is 23.7 Å². The molecule has 0 aliphatic carbocycles. The number of rotatable bonds is 5. The lowest BCUT2D eigenvalue weighted by molar-refractivity contribution is 0.0599. The lowest BCUT2D eigenvalue weighted by atomic mass is 10.1. The van der Waals surface area contributed by atoms with Crippen molar-refractivity contribution in [3.05, 3.63) is 124 Å². The van der Waals surface area contributed by atoms with Gasteiger partial charge in [-0.05, 0) is 66.2 Å². The summed E-state index contributed by atoms with van der Waals surface area (Å²) in [7, 11) is 2.55. The van der Waals surface area contributed by atoms with Gasteiger partial charge in [-0.2, -0.15) is 0 Å². The van der Waals surface area contributed by atoms with Crippen molar-refractivity contribution in [2.24, 2.45) is 0 Å². The van der Waals surface area contributed by atoms with Crippen LogP contribution in [-0.4, -0.2) is 36.1 Å². The van der Waals surface area contributed by atoms with Gasteiger partial charge < -0.3 is 14.2 Å². The van der Waals surface area contributed by atoms with Crippen molar-refractivity contribution in [3.8, 4) is 29.4 Å². The minimum atomic E-state index is -0.570. The lowest BCUT2D eigenvalue weighted by Gasteiger charge is -2.10. The second-order valence-corrected chi connectivity index (χ2v) is 7.91. The number of esters is 2. The number of hydrogen-bond donors (Lipinski definition) is 0. The summed E-state index contributed by atoms with van der Waals surface area (Å²) in [6.45, 7) is 0.0767. The molecule has 2 heterocycles. The zero-order valence-electron chi connectivity index (χ0n) is 20.7. The number of hydrogen-bond acceptors (Lipinski definition) is 7. The predicted molar refractivity (Wildman–Crippen MR) is 140 cm³/mol. The highest BCUT2D eigenvalue weighted by Gasteiger charge is 2.14. The molecule has 7 heteroatoms. The minimum absolute atomic E-state index is 0.0767. The van der Waals surface area contributed by atoms with E-state index in [4.69, 9.17) is 14.2 Å². The van der Waals surface area contributed by atoms with Gasteiger partial charge in [-0.15, -0.1) is 0 Å². The zero-order valence-corrected chi connectivity index (χ0v) is 20.7. The van der Waals surface area contributed by atoms with Crippen LogP contribution in [0.1, 0.15) is 48.5 Å². The van der Waals surface area contributed by atoms with Crippen LogP contribution in [0.15, 0.2) is 85.5 Å². The molecule has 4 rings (SSSR count). The van der Waals surface area contributed by atoms with Crippen molar-refractivity contribution >= 4 is 11.9 Å². The molecule has 0 amide bonds. The van der Waals surface area contributed by atoms with E-state index in [0.717, 1.165) is 11.1 Å². The molecule has 0 atom stereocenters. The van der Waals surface area contributed by atoms with Gasteiger partial charge in [0, 0.05) is 47.0 Å². The van der Waals surface area contributed by atoms with Crippen molar-refractivity contribution < 1.29 is 23.8 Å². The normalized spacial score (nSPS) is 9.74. The number of carbonyl (C=O) groups excluding carboxylic acids is 2. The number of ether oxygens (including phenoxy) is 3. The quantitative estimate of drug-likeness (QED) is 0.295. The summed E-state index contributed by atoms with van der Waals surface area (Å²) >= 11 is 0. The first-order valence-corrected chi connectivity index (χ1v) is 11.5. The van der Waals surface area contributed by atoms with Crippen LogP contribution < -0.4 is 4.74 Å². The first-order valence-electron chi connectivity index (χ1n) is 11.5. The van der Waals surface area contributed by atoms with Crippen molar-refractivity contribution in [1.82, 2.24) is 9.97 Å². The second-order valence-electron chi connectivity index (χ2n) is 7.91. The Kier molecular flexibility index (Phi) is 8.47. The van der Waals surface area contributed by atoms with Crippen LogP contribution in [0.4, 0.5) is 0 Å². The maximum Gasteiger partial charge on any atom is 0.337 e. The van der Waals surface area contributed by atoms with E-state index in [2.05, 4.69) is 33.6 Å². The molecule has 0 bridgehead atoms. The third-order valence-electron chi connectivity index (χ3n) is 5.21. The molecule has 186 valence electrons. The average molecular weight is 503 g/mol. The first kappa shape index (κ1) is 25.7. The topological polar surface area (TPSA) is 87.6 Å². The molecule has 0 radical (unpaired) electrons. The summed E-state index contributed by atoms with van der Waals surface area (Å²) in [5, 5.41) is 0. The molecular formula is C31H22N2O5. The molecule has 0 aliphatic heterocycles. The molecule has 38 heavy (non-hydrogen) atoms. The number of nitrogens with zero attached hydrogens (tertiary/aromatic N) is 2. The molecule has 0 spiro atoms. The van der Waals surface area contributed by atoms with Crippen molar-refractivity contribution in [2.75, 3.05) is 14.2 Å². The maximum absolute atomic E-state index is 12.1. The Morgan fingerprint density at radius 3 is 1.53 bits per heavy atom. The summed E-state index contributed by atoms with van der Waals surface area (Å²) < 4.78 is 15.7. The van der Waals surface area contributed by atoms with E-state index in [1.165, 1.54) is 20.3 Å². The van der Waals surface area contributed by atoms with Crippen LogP contribution >= 0.6 is 0 Å². The van der Waals surface area contributed by atoms with E-state index in [0.29, 0.717) is 22.4 Å². The average Bonchev–Trinajstić information content (AvgIpc) is 2.98. The molecule has 4 aromatic rings. The van der Waals surface area contributed by atoms with Gasteiger partial charge in [-0.25, -0.2) is 9.59 Å². The van der Waals surface area contributed by atoms with Gasteiger partial charge >= 0.3 is 11.9 Å². The van der Waals surface area contributed by atoms with Gasteiger partial charge in [0.2, 0.25) is 0 Å². The molecular weight excluding hydrogens is 480 g/mol. The summed E-state index contributed by atoms with van der Waals surface area (Å²) in [5.41, 5.74) is 4.08. The first-order chi connectivity index (χ1) is 18.5. The molecule has 0 saturated heterocycles. The van der Waals surface area contributed by atoms with E-state index >= 15 is 0 Å². The predicted octanol–water partition coefficient (Wildman–Crippen LogP) is 4.43. The highest BCUT2D eigenvalue weighted by molar-refractivity contribution is 5.95. The molecule has 0 fully saturated rings. The minimum Gasteiger partial charge on any atom is -0.489 e. The fourth-order valence-corrected chi connectivity index (χ4v) is 3.40. The van der Waals surface area contributed by atoms with Crippen LogP contribution in [0, 0.1) is 23.7 Å². The smallest absolute Gasteiger partial charge is 0.337 e. The molecule has 2 aromatic heterocycles. The van der Waals surface area contributed by atoms with Gasteiger partial charge in [0.05, 0.1) is 25.3 Å². The zero-order chi connectivity index (χ0) is 26.7. The van der Waals surface area contributed by atoms with Crippen LogP contribution in [0.2, 0.25) is 0 Å². The van der Waals surface area contributed by atoms with E-state index in [1.807, 2.05) is 30.3 Å². The Labute approximate surface area is 220 Å². The SMILES string of the molecule is COC(=O)c1cc(COc2cc(C#Cc3ccncc3)cc(C#Cc3ccncc3)c2)cc(C(=O)OC)c1. The molecule has 0 aliphatic rings. The van der Waals surface area contributed by atoms with Crippen molar-refractivity contribution in [3.63, 3.8) is 0 Å². The number of methoxy groups -OCH3 is 2. The summed E-state index contributed by atoms with van der Waals surface area (Å²) in [5.74, 6) is 11.9. The van der Waals surface area contributed by atoms with E-state index < -0.39 is 11.9 Å². The Balaban J connectivity index is 1.66. The number of pyridine rings is 2. The van der Waals surface area contributed by atoms with Gasteiger partial charge in [0.25, 0.3) is 0 Å². The Morgan fingerprint density at radius 2 is 1.08 bits per heavy atom. The van der Waals surface area contributed by atoms with Gasteiger partial charge in [0.15, 0.2) is 0 Å². The van der Waals surface area contributed by atoms with Crippen LogP contribution in [0.3, 0.4) is 0 Å². The summed E-state index contributed by atoms with van der Waals surface area (Å²) in [6.07, 6.45) is 6.72. The number of benzene rings is 2. The van der Waals surface area contributed by atoms with Crippen molar-refractivity contribution in [1.29, 1.82) is 0 Å². The van der Waals surface area contributed by atoms with Crippen LogP contribution in [-0.2, 0) is 16.1 Å². The molecule has 7 nitrogen and oxygen atoms in total. The van der Waals surface area contributed by atoms with Crippen molar-refractivity contribution in [2.45, 2.75) is 6.61 Å². The number of carbonyl (C=O) groups is 2. The van der Waals surface area contributed by atoms with E-state index in [9.17, 15) is 9.59 Å². The summed E-state index contributed by atoms with van der Waals surface area (Å²) in [4.78, 5) is 32.3. The van der Waals surface area contributed by atoms with Gasteiger partial charge in [0.1, 0.15) is 12.4 Å². The summed E-state index contributed by atoms with van der Waals surface area (Å²) in [6, 6.07) is 17.4. The van der Waals surface area contributed by atoms with E-state index in [1.54, 1.807) is 49.1 Å². The largest absolute Gasteiger partial charge is 0.489 e. The number of aromatic nitrogens is 2. The van der Waals surface area contributed by atoms with E-state index in [-0.39, 0.29) is 17.7 Å². The molecule has 2 aromatic carbocycles. The molecule has 0 unspecified atom stereocenters. The highest BCUT2D eigenvalue weighted by atomic mass is 16.5. The van der Waals surface area contributed by atoms with Crippen LogP contribution in [0.25, 0.3) is 0 Å². The Morgan fingerprint density at radius 1 is 0.632 bits per heavy atom. The van der Waals surface area contributed by atoms with Crippen LogP contribution in [0.5, 0.6) is 5.75 Å². The third-order valence-corrected chi connectivity index (χ3v) is 5.21. The monoisotopic (exact) mass is 502 g/mol. The maximum atomic E-state index is 12.1.